The van der Waals surface area contributed by atoms with Crippen molar-refractivity contribution in [3.05, 3.63) is 97.9 Å². The van der Waals surface area contributed by atoms with E-state index in [1.165, 1.54) is 0 Å². The lowest BCUT2D eigenvalue weighted by Gasteiger charge is -2.32. The maximum Gasteiger partial charge on any atom is 0.261 e. The zero-order valence-electron chi connectivity index (χ0n) is 23.6. The smallest absolute Gasteiger partial charge is 0.261 e. The summed E-state index contributed by atoms with van der Waals surface area (Å²) in [5.74, 6) is 0.275. The highest BCUT2D eigenvalue weighted by Gasteiger charge is 2.31. The van der Waals surface area contributed by atoms with Crippen molar-refractivity contribution in [3.8, 4) is 5.75 Å². The first-order valence-electron chi connectivity index (χ1n) is 13.3. The Labute approximate surface area is 256 Å². The van der Waals surface area contributed by atoms with Gasteiger partial charge >= 0.3 is 0 Å². The van der Waals surface area contributed by atoms with Gasteiger partial charge in [-0.05, 0) is 68.2 Å². The molecular formula is C32H37BrCl2N2O3. The zero-order valence-corrected chi connectivity index (χ0v) is 26.7. The van der Waals surface area contributed by atoms with Crippen molar-refractivity contribution >= 4 is 50.9 Å². The van der Waals surface area contributed by atoms with Gasteiger partial charge in [-0.1, -0.05) is 100 Å². The molecule has 0 aromatic heterocycles. The van der Waals surface area contributed by atoms with Crippen molar-refractivity contribution in [2.24, 2.45) is 5.92 Å². The van der Waals surface area contributed by atoms with Crippen LogP contribution in [0.25, 0.3) is 0 Å². The summed E-state index contributed by atoms with van der Waals surface area (Å²) in [5, 5.41) is 3.82. The van der Waals surface area contributed by atoms with Gasteiger partial charge in [-0.15, -0.1) is 0 Å². The molecule has 3 aromatic rings. The normalized spacial score (nSPS) is 12.2. The van der Waals surface area contributed by atoms with E-state index in [0.717, 1.165) is 21.2 Å². The third kappa shape index (κ3) is 9.25. The van der Waals surface area contributed by atoms with Crippen molar-refractivity contribution in [1.29, 1.82) is 0 Å². The minimum Gasteiger partial charge on any atom is -0.483 e. The van der Waals surface area contributed by atoms with Crippen molar-refractivity contribution in [2.75, 3.05) is 13.2 Å². The van der Waals surface area contributed by atoms with Crippen LogP contribution in [0.15, 0.2) is 71.2 Å². The lowest BCUT2D eigenvalue weighted by Crippen LogP contribution is -2.52. The second kappa shape index (κ2) is 14.4. The van der Waals surface area contributed by atoms with Crippen molar-refractivity contribution in [1.82, 2.24) is 10.2 Å². The Hall–Kier alpha value is -2.54. The molecule has 0 saturated heterocycles. The Morgan fingerprint density at radius 1 is 0.950 bits per heavy atom. The van der Waals surface area contributed by atoms with E-state index >= 15 is 0 Å². The van der Waals surface area contributed by atoms with Crippen molar-refractivity contribution in [2.45, 2.75) is 59.0 Å². The number of carbonyl (C=O) groups excluding carboxylic acids is 2. The Balaban J connectivity index is 1.93. The number of ether oxygens (including phenoxy) is 1. The van der Waals surface area contributed by atoms with E-state index in [1.807, 2.05) is 68.4 Å². The third-order valence-corrected chi connectivity index (χ3v) is 7.80. The molecule has 0 saturated carbocycles. The molecular weight excluding hydrogens is 611 g/mol. The molecule has 5 nitrogen and oxygen atoms in total. The van der Waals surface area contributed by atoms with Crippen molar-refractivity contribution < 1.29 is 14.3 Å². The van der Waals surface area contributed by atoms with Gasteiger partial charge in [-0.2, -0.15) is 0 Å². The quantitative estimate of drug-likeness (QED) is 0.231. The topological polar surface area (TPSA) is 58.6 Å². The van der Waals surface area contributed by atoms with Crippen LogP contribution < -0.4 is 10.1 Å². The van der Waals surface area contributed by atoms with E-state index in [0.29, 0.717) is 28.8 Å². The molecule has 1 N–H and O–H groups in total. The van der Waals surface area contributed by atoms with E-state index in [9.17, 15) is 9.59 Å². The van der Waals surface area contributed by atoms with Crippen LogP contribution in [0.4, 0.5) is 0 Å². The minimum absolute atomic E-state index is 0.0263. The summed E-state index contributed by atoms with van der Waals surface area (Å²) in [7, 11) is 0. The SMILES string of the molecule is CC(C)CNC(=O)[C@@H](Cc1ccccc1)N(Cc1ccc(Cl)c(Cl)c1)C(=O)COc1ccc(C(C)(C)C)cc1Br. The van der Waals surface area contributed by atoms with Gasteiger partial charge in [-0.3, -0.25) is 9.59 Å². The molecule has 8 heteroatoms. The number of nitrogens with zero attached hydrogens (tertiary/aromatic N) is 1. The van der Waals surface area contributed by atoms with Gasteiger partial charge < -0.3 is 15.0 Å². The van der Waals surface area contributed by atoms with Crippen LogP contribution >= 0.6 is 39.1 Å². The van der Waals surface area contributed by atoms with Crippen LogP contribution in [-0.4, -0.2) is 35.9 Å². The lowest BCUT2D eigenvalue weighted by atomic mass is 9.87. The van der Waals surface area contributed by atoms with Crippen LogP contribution in [0.5, 0.6) is 5.75 Å². The number of nitrogens with one attached hydrogen (secondary N) is 1. The Morgan fingerprint density at radius 2 is 1.65 bits per heavy atom. The fourth-order valence-corrected chi connectivity index (χ4v) is 4.93. The first-order chi connectivity index (χ1) is 18.8. The first-order valence-corrected chi connectivity index (χ1v) is 14.9. The van der Waals surface area contributed by atoms with Gasteiger partial charge in [0.1, 0.15) is 11.8 Å². The molecule has 0 aliphatic carbocycles. The summed E-state index contributed by atoms with van der Waals surface area (Å²) in [5.41, 5.74) is 2.82. The summed E-state index contributed by atoms with van der Waals surface area (Å²) < 4.78 is 6.75. The first kappa shape index (κ1) is 32.0. The van der Waals surface area contributed by atoms with Gasteiger partial charge in [0.05, 0.1) is 14.5 Å². The number of amides is 2. The van der Waals surface area contributed by atoms with Crippen LogP contribution in [0, 0.1) is 5.92 Å². The molecule has 0 aliphatic rings. The molecule has 0 bridgehead atoms. The van der Waals surface area contributed by atoms with Crippen LogP contribution in [-0.2, 0) is 28.0 Å². The fraction of sp³-hybridized carbons (Fsp3) is 0.375. The van der Waals surface area contributed by atoms with Gasteiger partial charge in [-0.25, -0.2) is 0 Å². The lowest BCUT2D eigenvalue weighted by molar-refractivity contribution is -0.142. The third-order valence-electron chi connectivity index (χ3n) is 6.44. The number of halogens is 3. The summed E-state index contributed by atoms with van der Waals surface area (Å²) >= 11 is 16.0. The molecule has 0 spiro atoms. The molecule has 1 atom stereocenters. The number of carbonyl (C=O) groups is 2. The predicted molar refractivity (Wildman–Crippen MR) is 167 cm³/mol. The van der Waals surface area contributed by atoms with Crippen LogP contribution in [0.3, 0.4) is 0 Å². The average Bonchev–Trinajstić information content (AvgIpc) is 2.90. The number of rotatable bonds is 11. The summed E-state index contributed by atoms with van der Waals surface area (Å²) in [4.78, 5) is 29.0. The molecule has 0 aliphatic heterocycles. The van der Waals surface area contributed by atoms with Gasteiger partial charge in [0.15, 0.2) is 6.61 Å². The molecule has 3 rings (SSSR count). The van der Waals surface area contributed by atoms with Crippen molar-refractivity contribution in [3.63, 3.8) is 0 Å². The van der Waals surface area contributed by atoms with E-state index in [2.05, 4.69) is 42.0 Å². The molecule has 3 aromatic carbocycles. The van der Waals surface area contributed by atoms with E-state index in [4.69, 9.17) is 27.9 Å². The Kier molecular flexibility index (Phi) is 11.5. The molecule has 2 amide bonds. The van der Waals surface area contributed by atoms with Gasteiger partial charge in [0, 0.05) is 19.5 Å². The summed E-state index contributed by atoms with van der Waals surface area (Å²) in [6.45, 7) is 10.9. The van der Waals surface area contributed by atoms with E-state index < -0.39 is 6.04 Å². The second-order valence-corrected chi connectivity index (χ2v) is 13.0. The second-order valence-electron chi connectivity index (χ2n) is 11.3. The molecule has 0 radical (unpaired) electrons. The zero-order chi connectivity index (χ0) is 29.4. The highest BCUT2D eigenvalue weighted by Crippen LogP contribution is 2.32. The summed E-state index contributed by atoms with van der Waals surface area (Å²) in [6, 6.07) is 20.0. The minimum atomic E-state index is -0.765. The average molecular weight is 648 g/mol. The van der Waals surface area contributed by atoms with Gasteiger partial charge in [0.25, 0.3) is 5.91 Å². The molecule has 214 valence electrons. The molecule has 0 unspecified atom stereocenters. The molecule has 0 heterocycles. The van der Waals surface area contributed by atoms with Crippen LogP contribution in [0.2, 0.25) is 10.0 Å². The van der Waals surface area contributed by atoms with E-state index in [-0.39, 0.29) is 36.3 Å². The van der Waals surface area contributed by atoms with Gasteiger partial charge in [0.2, 0.25) is 5.91 Å². The maximum atomic E-state index is 13.8. The summed E-state index contributed by atoms with van der Waals surface area (Å²) in [6.07, 6.45) is 0.349. The fourth-order valence-electron chi connectivity index (χ4n) is 4.12. The Morgan fingerprint density at radius 3 is 2.25 bits per heavy atom. The Bertz CT molecular complexity index is 1310. The number of benzene rings is 3. The van der Waals surface area contributed by atoms with Crippen LogP contribution in [0.1, 0.15) is 51.3 Å². The predicted octanol–water partition coefficient (Wildman–Crippen LogP) is 7.84. The molecule has 40 heavy (non-hydrogen) atoms. The standard InChI is InChI=1S/C32H37BrCl2N2O3/c1-21(2)18-36-31(39)28(16-22-9-7-6-8-10-22)37(19-23-11-13-26(34)27(35)15-23)30(38)20-40-29-14-12-24(17-25(29)33)32(3,4)5/h6-15,17,21,28H,16,18-20H2,1-5H3,(H,36,39)/t28-/m1/s1. The number of hydrogen-bond acceptors (Lipinski definition) is 3. The molecule has 0 fully saturated rings. The largest absolute Gasteiger partial charge is 0.483 e. The van der Waals surface area contributed by atoms with E-state index in [1.54, 1.807) is 17.0 Å². The monoisotopic (exact) mass is 646 g/mol. The highest BCUT2D eigenvalue weighted by atomic mass is 79.9. The number of hydrogen-bond donors (Lipinski definition) is 1. The maximum absolute atomic E-state index is 13.8. The highest BCUT2D eigenvalue weighted by molar-refractivity contribution is 9.10.